The van der Waals surface area contributed by atoms with Crippen molar-refractivity contribution in [3.8, 4) is 22.6 Å². The van der Waals surface area contributed by atoms with Crippen molar-refractivity contribution >= 4 is 12.1 Å². The Labute approximate surface area is 169 Å². The lowest BCUT2D eigenvalue weighted by Crippen LogP contribution is -2.58. The number of hydrogen-bond acceptors (Lipinski definition) is 6. The van der Waals surface area contributed by atoms with Crippen LogP contribution < -0.4 is 5.32 Å². The lowest BCUT2D eigenvalue weighted by atomic mass is 9.86. The second kappa shape index (κ2) is 7.31. The lowest BCUT2D eigenvalue weighted by Gasteiger charge is -2.32. The van der Waals surface area contributed by atoms with Crippen LogP contribution in [0.5, 0.6) is 11.5 Å². The molecule has 0 saturated heterocycles. The molecular formula is C22H25NO6. The number of aromatic hydroxyl groups is 2. The van der Waals surface area contributed by atoms with Crippen molar-refractivity contribution in [1.29, 1.82) is 0 Å². The fourth-order valence-electron chi connectivity index (χ4n) is 3.74. The Balaban J connectivity index is 2.19. The van der Waals surface area contributed by atoms with Crippen LogP contribution in [-0.4, -0.2) is 40.5 Å². The molecule has 3 N–H and O–H groups in total. The monoisotopic (exact) mass is 399 g/mol. The molecule has 0 aromatic heterocycles. The van der Waals surface area contributed by atoms with Crippen LogP contribution in [0.4, 0.5) is 4.79 Å². The van der Waals surface area contributed by atoms with Crippen LogP contribution in [-0.2, 0) is 27.1 Å². The van der Waals surface area contributed by atoms with Gasteiger partial charge in [-0.1, -0.05) is 24.3 Å². The number of nitrogens with one attached hydrogen (secondary N) is 1. The van der Waals surface area contributed by atoms with Gasteiger partial charge in [-0.25, -0.2) is 9.59 Å². The van der Waals surface area contributed by atoms with Crippen LogP contribution in [0.2, 0.25) is 0 Å². The molecule has 0 spiro atoms. The average molecular weight is 399 g/mol. The Morgan fingerprint density at radius 1 is 0.966 bits per heavy atom. The summed E-state index contributed by atoms with van der Waals surface area (Å²) in [5.74, 6) is -0.694. The Morgan fingerprint density at radius 3 is 1.86 bits per heavy atom. The Bertz CT molecular complexity index is 907. The van der Waals surface area contributed by atoms with Crippen molar-refractivity contribution in [2.45, 2.75) is 44.8 Å². The molecular weight excluding hydrogens is 374 g/mol. The third kappa shape index (κ3) is 3.99. The summed E-state index contributed by atoms with van der Waals surface area (Å²) in [6.07, 6.45) is -0.652. The summed E-state index contributed by atoms with van der Waals surface area (Å²) in [5, 5.41) is 23.7. The van der Waals surface area contributed by atoms with Crippen LogP contribution in [0.1, 0.15) is 31.9 Å². The first-order valence-corrected chi connectivity index (χ1v) is 9.28. The number of phenols is 2. The summed E-state index contributed by atoms with van der Waals surface area (Å²) in [6, 6.07) is 9.81. The summed E-state index contributed by atoms with van der Waals surface area (Å²) in [4.78, 5) is 25.5. The van der Waals surface area contributed by atoms with Crippen LogP contribution in [0.15, 0.2) is 36.4 Å². The van der Waals surface area contributed by atoms with Gasteiger partial charge in [0.2, 0.25) is 0 Å². The van der Waals surface area contributed by atoms with Gasteiger partial charge in [-0.05, 0) is 44.0 Å². The van der Waals surface area contributed by atoms with E-state index in [4.69, 9.17) is 9.47 Å². The number of carbonyl (C=O) groups excluding carboxylic acids is 2. The van der Waals surface area contributed by atoms with Gasteiger partial charge in [0.05, 0.1) is 7.11 Å². The van der Waals surface area contributed by atoms with Gasteiger partial charge in [-0.3, -0.25) is 0 Å². The molecule has 2 aromatic rings. The molecule has 0 bridgehead atoms. The molecule has 0 heterocycles. The Kier molecular flexibility index (Phi) is 5.17. The molecule has 0 radical (unpaired) electrons. The number of benzene rings is 2. The number of carbonyl (C=O) groups is 2. The minimum atomic E-state index is -1.47. The summed E-state index contributed by atoms with van der Waals surface area (Å²) in [5.41, 5.74) is -0.190. The molecule has 0 fully saturated rings. The zero-order valence-electron chi connectivity index (χ0n) is 16.9. The lowest BCUT2D eigenvalue weighted by molar-refractivity contribution is -0.148. The number of rotatable bonds is 2. The number of ether oxygens (including phenoxy) is 2. The summed E-state index contributed by atoms with van der Waals surface area (Å²) in [7, 11) is 1.25. The molecule has 1 aliphatic carbocycles. The highest BCUT2D eigenvalue weighted by atomic mass is 16.6. The van der Waals surface area contributed by atoms with Gasteiger partial charge in [-0.15, -0.1) is 0 Å². The number of esters is 1. The van der Waals surface area contributed by atoms with Crippen LogP contribution in [0.25, 0.3) is 11.1 Å². The normalized spacial score (nSPS) is 14.8. The zero-order valence-corrected chi connectivity index (χ0v) is 16.9. The number of fused-ring (bicyclic) bond motifs is 3. The molecule has 154 valence electrons. The summed E-state index contributed by atoms with van der Waals surface area (Å²) >= 11 is 0. The number of hydrogen-bond donors (Lipinski definition) is 3. The van der Waals surface area contributed by atoms with E-state index in [0.717, 1.165) is 0 Å². The number of alkyl carbamates (subject to hydrolysis) is 1. The quantitative estimate of drug-likeness (QED) is 0.669. The fourth-order valence-corrected chi connectivity index (χ4v) is 3.74. The highest BCUT2D eigenvalue weighted by molar-refractivity contribution is 5.90. The largest absolute Gasteiger partial charge is 0.507 e. The molecule has 7 heteroatoms. The SMILES string of the molecule is COC(=O)C1(NC(=O)OC(C)(C)C)Cc2cccc(O)c2-c2c(O)cccc2C1. The zero-order chi connectivity index (χ0) is 21.4. The van der Waals surface area contributed by atoms with Crippen molar-refractivity contribution in [2.75, 3.05) is 7.11 Å². The van der Waals surface area contributed by atoms with E-state index in [1.54, 1.807) is 45.0 Å². The topological polar surface area (TPSA) is 105 Å². The van der Waals surface area contributed by atoms with E-state index < -0.39 is 23.2 Å². The molecule has 0 atom stereocenters. The maximum atomic E-state index is 12.9. The highest BCUT2D eigenvalue weighted by Gasteiger charge is 2.45. The number of amides is 1. The highest BCUT2D eigenvalue weighted by Crippen LogP contribution is 2.45. The molecule has 0 aliphatic heterocycles. The van der Waals surface area contributed by atoms with Gasteiger partial charge in [0, 0.05) is 24.0 Å². The van der Waals surface area contributed by atoms with E-state index in [9.17, 15) is 19.8 Å². The predicted octanol–water partition coefficient (Wildman–Crippen LogP) is 3.30. The van der Waals surface area contributed by atoms with Crippen molar-refractivity contribution in [1.82, 2.24) is 5.32 Å². The summed E-state index contributed by atoms with van der Waals surface area (Å²) < 4.78 is 10.4. The second-order valence-electron chi connectivity index (χ2n) is 8.18. The first-order valence-electron chi connectivity index (χ1n) is 9.28. The molecule has 0 saturated carbocycles. The van der Waals surface area contributed by atoms with Crippen molar-refractivity contribution in [3.63, 3.8) is 0 Å². The van der Waals surface area contributed by atoms with E-state index in [2.05, 4.69) is 5.32 Å². The predicted molar refractivity (Wildman–Crippen MR) is 107 cm³/mol. The van der Waals surface area contributed by atoms with Gasteiger partial charge in [0.25, 0.3) is 0 Å². The Hall–Kier alpha value is -3.22. The maximum absolute atomic E-state index is 12.9. The van der Waals surface area contributed by atoms with Gasteiger partial charge in [0.15, 0.2) is 0 Å². The molecule has 0 unspecified atom stereocenters. The average Bonchev–Trinajstić information content (AvgIpc) is 2.75. The van der Waals surface area contributed by atoms with E-state index in [0.29, 0.717) is 22.3 Å². The standard InChI is InChI=1S/C22H25NO6/c1-21(2,3)29-20(27)23-22(19(26)28-4)11-13-7-5-9-15(24)17(13)18-14(12-22)8-6-10-16(18)25/h5-10,24-25H,11-12H2,1-4H3,(H,23,27). The van der Waals surface area contributed by atoms with E-state index in [-0.39, 0.29) is 24.3 Å². The van der Waals surface area contributed by atoms with Crippen LogP contribution in [0, 0.1) is 0 Å². The molecule has 1 amide bonds. The molecule has 7 nitrogen and oxygen atoms in total. The van der Waals surface area contributed by atoms with Gasteiger partial charge < -0.3 is 25.0 Å². The third-order valence-corrected chi connectivity index (χ3v) is 4.81. The van der Waals surface area contributed by atoms with Crippen molar-refractivity contribution in [2.24, 2.45) is 0 Å². The number of phenolic OH excluding ortho intramolecular Hbond substituents is 2. The first-order chi connectivity index (χ1) is 13.6. The van der Waals surface area contributed by atoms with E-state index >= 15 is 0 Å². The van der Waals surface area contributed by atoms with Crippen molar-refractivity contribution in [3.05, 3.63) is 47.5 Å². The first kappa shape index (κ1) is 20.5. The molecule has 2 aromatic carbocycles. The fraction of sp³-hybridized carbons (Fsp3) is 0.364. The smallest absolute Gasteiger partial charge is 0.408 e. The van der Waals surface area contributed by atoms with Gasteiger partial charge >= 0.3 is 12.1 Å². The van der Waals surface area contributed by atoms with Gasteiger partial charge in [0.1, 0.15) is 22.6 Å². The molecule has 1 aliphatic rings. The van der Waals surface area contributed by atoms with E-state index in [1.807, 2.05) is 0 Å². The van der Waals surface area contributed by atoms with Crippen molar-refractivity contribution < 1.29 is 29.3 Å². The third-order valence-electron chi connectivity index (χ3n) is 4.81. The Morgan fingerprint density at radius 2 is 1.45 bits per heavy atom. The van der Waals surface area contributed by atoms with Gasteiger partial charge in [-0.2, -0.15) is 0 Å². The second-order valence-corrected chi connectivity index (χ2v) is 8.18. The summed E-state index contributed by atoms with van der Waals surface area (Å²) in [6.45, 7) is 5.18. The maximum Gasteiger partial charge on any atom is 0.408 e. The van der Waals surface area contributed by atoms with E-state index in [1.165, 1.54) is 19.2 Å². The minimum absolute atomic E-state index is 0.0248. The molecule has 3 rings (SSSR count). The molecule has 29 heavy (non-hydrogen) atoms. The van der Waals surface area contributed by atoms with Crippen LogP contribution >= 0.6 is 0 Å². The van der Waals surface area contributed by atoms with Crippen LogP contribution in [0.3, 0.4) is 0 Å². The number of methoxy groups -OCH3 is 1. The minimum Gasteiger partial charge on any atom is -0.507 e.